The summed E-state index contributed by atoms with van der Waals surface area (Å²) in [5.74, 6) is 1.41. The first kappa shape index (κ1) is 23.5. The molecule has 1 saturated heterocycles. The first-order valence-corrected chi connectivity index (χ1v) is 9.57. The number of hydrogen-bond donors (Lipinski definition) is 2. The van der Waals surface area contributed by atoms with E-state index < -0.39 is 0 Å². The van der Waals surface area contributed by atoms with Gasteiger partial charge in [-0.1, -0.05) is 37.6 Å². The van der Waals surface area contributed by atoms with Crippen LogP contribution in [0, 0.1) is 5.92 Å². The van der Waals surface area contributed by atoms with Crippen molar-refractivity contribution in [3.05, 3.63) is 34.9 Å². The van der Waals surface area contributed by atoms with Crippen LogP contribution in [-0.4, -0.2) is 56.8 Å². The van der Waals surface area contributed by atoms with Crippen molar-refractivity contribution in [1.29, 1.82) is 0 Å². The van der Waals surface area contributed by atoms with Crippen LogP contribution in [0.2, 0.25) is 5.02 Å². The highest BCUT2D eigenvalue weighted by Gasteiger charge is 2.23. The summed E-state index contributed by atoms with van der Waals surface area (Å²) < 4.78 is 5.51. The van der Waals surface area contributed by atoms with Crippen LogP contribution in [0.1, 0.15) is 32.4 Å². The number of nitrogens with one attached hydrogen (secondary N) is 2. The molecule has 1 aromatic carbocycles. The summed E-state index contributed by atoms with van der Waals surface area (Å²) in [5, 5.41) is 7.61. The molecule has 1 unspecified atom stereocenters. The van der Waals surface area contributed by atoms with Gasteiger partial charge < -0.3 is 15.4 Å². The van der Waals surface area contributed by atoms with Crippen LogP contribution < -0.4 is 10.6 Å². The number of guanidine groups is 1. The molecule has 1 aliphatic heterocycles. The van der Waals surface area contributed by atoms with Crippen molar-refractivity contribution < 1.29 is 4.74 Å². The van der Waals surface area contributed by atoms with Gasteiger partial charge in [0.05, 0.1) is 19.3 Å². The molecule has 2 N–H and O–H groups in total. The average Bonchev–Trinajstić information content (AvgIpc) is 2.60. The Balaban J connectivity index is 0.00000338. The SMILES string of the molecule is CCNC(=NCC(C)C)NCC(c1cccc(Cl)c1)N1CCOCC1.I. The molecule has 1 atom stereocenters. The predicted molar refractivity (Wildman–Crippen MR) is 121 cm³/mol. The second-order valence-corrected chi connectivity index (χ2v) is 7.15. The van der Waals surface area contributed by atoms with E-state index in [0.29, 0.717) is 5.92 Å². The van der Waals surface area contributed by atoms with Crippen LogP contribution in [0.15, 0.2) is 29.3 Å². The Morgan fingerprint density at radius 2 is 2.00 bits per heavy atom. The molecule has 148 valence electrons. The molecule has 0 saturated carbocycles. The molecule has 0 bridgehead atoms. The molecular weight excluding hydrogens is 463 g/mol. The predicted octanol–water partition coefficient (Wildman–Crippen LogP) is 3.54. The molecule has 7 heteroatoms. The van der Waals surface area contributed by atoms with Crippen molar-refractivity contribution >= 4 is 41.5 Å². The maximum atomic E-state index is 6.23. The Labute approximate surface area is 179 Å². The number of hydrogen-bond acceptors (Lipinski definition) is 3. The quantitative estimate of drug-likeness (QED) is 0.346. The lowest BCUT2D eigenvalue weighted by Gasteiger charge is -2.35. The summed E-state index contributed by atoms with van der Waals surface area (Å²) in [6.45, 7) is 12.3. The van der Waals surface area contributed by atoms with Gasteiger partial charge in [0.25, 0.3) is 0 Å². The smallest absolute Gasteiger partial charge is 0.191 e. The zero-order valence-electron chi connectivity index (χ0n) is 16.0. The van der Waals surface area contributed by atoms with Crippen molar-refractivity contribution in [3.63, 3.8) is 0 Å². The topological polar surface area (TPSA) is 48.9 Å². The Morgan fingerprint density at radius 1 is 1.27 bits per heavy atom. The minimum atomic E-state index is 0. The summed E-state index contributed by atoms with van der Waals surface area (Å²) in [4.78, 5) is 7.12. The van der Waals surface area contributed by atoms with Crippen LogP contribution >= 0.6 is 35.6 Å². The molecule has 1 fully saturated rings. The van der Waals surface area contributed by atoms with Crippen LogP contribution in [-0.2, 0) is 4.74 Å². The van der Waals surface area contributed by atoms with Gasteiger partial charge in [-0.25, -0.2) is 0 Å². The number of halogens is 2. The molecule has 0 aliphatic carbocycles. The lowest BCUT2D eigenvalue weighted by molar-refractivity contribution is 0.0170. The number of nitrogens with zero attached hydrogens (tertiary/aromatic N) is 2. The van der Waals surface area contributed by atoms with E-state index >= 15 is 0 Å². The fourth-order valence-electron chi connectivity index (χ4n) is 2.87. The van der Waals surface area contributed by atoms with Gasteiger partial charge in [-0.05, 0) is 30.5 Å². The molecule has 0 aromatic heterocycles. The first-order chi connectivity index (χ1) is 12.1. The summed E-state index contributed by atoms with van der Waals surface area (Å²) in [6.07, 6.45) is 0. The van der Waals surface area contributed by atoms with Gasteiger partial charge >= 0.3 is 0 Å². The van der Waals surface area contributed by atoms with Gasteiger partial charge in [0.15, 0.2) is 5.96 Å². The van der Waals surface area contributed by atoms with Crippen LogP contribution in [0.25, 0.3) is 0 Å². The third-order valence-corrected chi connectivity index (χ3v) is 4.38. The van der Waals surface area contributed by atoms with Crippen molar-refractivity contribution in [3.8, 4) is 0 Å². The molecule has 1 aliphatic rings. The van der Waals surface area contributed by atoms with Crippen LogP contribution in [0.3, 0.4) is 0 Å². The average molecular weight is 495 g/mol. The molecule has 1 aromatic rings. The van der Waals surface area contributed by atoms with E-state index in [1.807, 2.05) is 12.1 Å². The van der Waals surface area contributed by atoms with E-state index in [4.69, 9.17) is 16.3 Å². The van der Waals surface area contributed by atoms with Crippen LogP contribution in [0.5, 0.6) is 0 Å². The zero-order chi connectivity index (χ0) is 18.1. The molecule has 5 nitrogen and oxygen atoms in total. The van der Waals surface area contributed by atoms with Gasteiger partial charge in [0.1, 0.15) is 0 Å². The molecular formula is C19H32ClIN4O. The molecule has 0 radical (unpaired) electrons. The largest absolute Gasteiger partial charge is 0.379 e. The Kier molecular flexibility index (Phi) is 11.5. The fraction of sp³-hybridized carbons (Fsp3) is 0.632. The zero-order valence-corrected chi connectivity index (χ0v) is 19.1. The normalized spacial score (nSPS) is 16.9. The monoisotopic (exact) mass is 494 g/mol. The number of morpholine rings is 1. The number of benzene rings is 1. The fourth-order valence-corrected chi connectivity index (χ4v) is 3.07. The van der Waals surface area contributed by atoms with E-state index in [1.165, 1.54) is 5.56 Å². The minimum Gasteiger partial charge on any atom is -0.379 e. The maximum Gasteiger partial charge on any atom is 0.191 e. The van der Waals surface area contributed by atoms with Gasteiger partial charge in [0, 0.05) is 37.7 Å². The minimum absolute atomic E-state index is 0. The molecule has 26 heavy (non-hydrogen) atoms. The van der Waals surface area contributed by atoms with E-state index in [1.54, 1.807) is 0 Å². The van der Waals surface area contributed by atoms with E-state index in [0.717, 1.165) is 56.9 Å². The third kappa shape index (κ3) is 7.98. The summed E-state index contributed by atoms with van der Waals surface area (Å²) in [6, 6.07) is 8.38. The highest BCUT2D eigenvalue weighted by atomic mass is 127. The number of rotatable bonds is 7. The number of ether oxygens (including phenoxy) is 1. The second kappa shape index (κ2) is 12.8. The van der Waals surface area contributed by atoms with E-state index in [2.05, 4.69) is 53.4 Å². The van der Waals surface area contributed by atoms with E-state index in [9.17, 15) is 0 Å². The molecule has 0 amide bonds. The lowest BCUT2D eigenvalue weighted by Crippen LogP contribution is -2.46. The second-order valence-electron chi connectivity index (χ2n) is 6.71. The Morgan fingerprint density at radius 3 is 2.62 bits per heavy atom. The highest BCUT2D eigenvalue weighted by molar-refractivity contribution is 14.0. The molecule has 1 heterocycles. The van der Waals surface area contributed by atoms with Gasteiger partial charge in [0.2, 0.25) is 0 Å². The first-order valence-electron chi connectivity index (χ1n) is 9.19. The van der Waals surface area contributed by atoms with E-state index in [-0.39, 0.29) is 30.0 Å². The molecule has 2 rings (SSSR count). The van der Waals surface area contributed by atoms with Gasteiger partial charge in [-0.15, -0.1) is 24.0 Å². The van der Waals surface area contributed by atoms with Gasteiger partial charge in [-0.2, -0.15) is 0 Å². The van der Waals surface area contributed by atoms with Crippen LogP contribution in [0.4, 0.5) is 0 Å². The Bertz CT molecular complexity index is 550. The third-order valence-electron chi connectivity index (χ3n) is 4.14. The van der Waals surface area contributed by atoms with Crippen molar-refractivity contribution in [2.24, 2.45) is 10.9 Å². The molecule has 0 spiro atoms. The summed E-state index contributed by atoms with van der Waals surface area (Å²) >= 11 is 6.23. The standard InChI is InChI=1S/C19H31ClN4O.HI/c1-4-21-19(22-13-15(2)3)23-14-18(24-8-10-25-11-9-24)16-6-5-7-17(20)12-16;/h5-7,12,15,18H,4,8-11,13-14H2,1-3H3,(H2,21,22,23);1H. The Hall–Kier alpha value is -0.570. The van der Waals surface area contributed by atoms with Crippen molar-refractivity contribution in [2.45, 2.75) is 26.8 Å². The summed E-state index contributed by atoms with van der Waals surface area (Å²) in [7, 11) is 0. The van der Waals surface area contributed by atoms with Crippen molar-refractivity contribution in [1.82, 2.24) is 15.5 Å². The summed E-state index contributed by atoms with van der Waals surface area (Å²) in [5.41, 5.74) is 1.22. The lowest BCUT2D eigenvalue weighted by atomic mass is 10.0. The highest BCUT2D eigenvalue weighted by Crippen LogP contribution is 2.23. The van der Waals surface area contributed by atoms with Crippen molar-refractivity contribution in [2.75, 3.05) is 45.9 Å². The maximum absolute atomic E-state index is 6.23. The number of aliphatic imine (C=N–C) groups is 1. The van der Waals surface area contributed by atoms with Gasteiger partial charge in [-0.3, -0.25) is 9.89 Å².